The van der Waals surface area contributed by atoms with Crippen molar-refractivity contribution in [2.24, 2.45) is 5.92 Å². The summed E-state index contributed by atoms with van der Waals surface area (Å²) in [6, 6.07) is 5.23. The Morgan fingerprint density at radius 1 is 1.18 bits per heavy atom. The van der Waals surface area contributed by atoms with E-state index >= 15 is 0 Å². The number of rotatable bonds is 5. The lowest BCUT2D eigenvalue weighted by Gasteiger charge is -2.28. The van der Waals surface area contributed by atoms with Gasteiger partial charge >= 0.3 is 5.97 Å². The topological polar surface area (TPSA) is 115 Å². The van der Waals surface area contributed by atoms with Crippen LogP contribution in [0.1, 0.15) is 52.2 Å². The van der Waals surface area contributed by atoms with Gasteiger partial charge in [0.15, 0.2) is 11.3 Å². The van der Waals surface area contributed by atoms with Crippen molar-refractivity contribution in [1.82, 2.24) is 19.9 Å². The third-order valence-corrected chi connectivity index (χ3v) is 6.17. The molecule has 11 heteroatoms. The van der Waals surface area contributed by atoms with Crippen molar-refractivity contribution >= 4 is 40.7 Å². The molecule has 0 saturated heterocycles. The van der Waals surface area contributed by atoms with Gasteiger partial charge in [0.05, 0.1) is 24.0 Å². The van der Waals surface area contributed by atoms with E-state index in [-0.39, 0.29) is 45.7 Å². The Bertz CT molecular complexity index is 1270. The Labute approximate surface area is 199 Å². The highest BCUT2D eigenvalue weighted by molar-refractivity contribution is 6.33. The summed E-state index contributed by atoms with van der Waals surface area (Å²) in [4.78, 5) is 41.9. The summed E-state index contributed by atoms with van der Waals surface area (Å²) in [5.41, 5.74) is 1.61. The lowest BCUT2D eigenvalue weighted by atomic mass is 9.85. The summed E-state index contributed by atoms with van der Waals surface area (Å²) in [6.45, 7) is 1.71. The van der Waals surface area contributed by atoms with Gasteiger partial charge in [-0.05, 0) is 56.9 Å². The van der Waals surface area contributed by atoms with Crippen LogP contribution in [0.25, 0.3) is 5.65 Å². The molecule has 0 spiro atoms. The third-order valence-electron chi connectivity index (χ3n) is 5.86. The maximum atomic E-state index is 13.2. The predicted octanol–water partition coefficient (Wildman–Crippen LogP) is 3.54. The Morgan fingerprint density at radius 2 is 1.91 bits per heavy atom. The highest BCUT2D eigenvalue weighted by Crippen LogP contribution is 2.28. The van der Waals surface area contributed by atoms with Crippen molar-refractivity contribution in [2.75, 3.05) is 12.4 Å². The molecule has 1 aromatic carbocycles. The molecule has 0 bridgehead atoms. The van der Waals surface area contributed by atoms with Crippen LogP contribution in [0, 0.1) is 18.7 Å². The van der Waals surface area contributed by atoms with Crippen LogP contribution < -0.4 is 10.6 Å². The van der Waals surface area contributed by atoms with Gasteiger partial charge in [0.25, 0.3) is 5.91 Å². The fourth-order valence-electron chi connectivity index (χ4n) is 4.08. The van der Waals surface area contributed by atoms with Gasteiger partial charge in [0, 0.05) is 17.7 Å². The van der Waals surface area contributed by atoms with Gasteiger partial charge in [0.1, 0.15) is 11.4 Å². The standard InChI is InChI=1S/C23H23ClFN5O4/c1-12-9-19(23(33)34-2)30-20(27-12)16(11-26-30)22(32)28-15-6-3-13(4-7-15)21(31)29-18-8-5-14(25)10-17(18)24/h5,8-11,13,15H,3-4,6-7H2,1-2H3,(H,28,32)(H,29,31). The van der Waals surface area contributed by atoms with Crippen molar-refractivity contribution in [3.8, 4) is 0 Å². The maximum Gasteiger partial charge on any atom is 0.356 e. The molecule has 178 valence electrons. The predicted molar refractivity (Wildman–Crippen MR) is 122 cm³/mol. The second-order valence-corrected chi connectivity index (χ2v) is 8.61. The first-order chi connectivity index (χ1) is 16.3. The Kier molecular flexibility index (Phi) is 6.78. The zero-order chi connectivity index (χ0) is 24.4. The average Bonchev–Trinajstić information content (AvgIpc) is 3.24. The van der Waals surface area contributed by atoms with Gasteiger partial charge in [-0.1, -0.05) is 11.6 Å². The first kappa shape index (κ1) is 23.6. The summed E-state index contributed by atoms with van der Waals surface area (Å²) in [7, 11) is 1.27. The lowest BCUT2D eigenvalue weighted by Crippen LogP contribution is -2.39. The molecule has 1 fully saturated rings. The molecule has 4 rings (SSSR count). The van der Waals surface area contributed by atoms with Crippen molar-refractivity contribution in [2.45, 2.75) is 38.6 Å². The summed E-state index contributed by atoms with van der Waals surface area (Å²) >= 11 is 5.99. The van der Waals surface area contributed by atoms with E-state index in [0.29, 0.717) is 37.1 Å². The van der Waals surface area contributed by atoms with Gasteiger partial charge in [0.2, 0.25) is 5.91 Å². The van der Waals surface area contributed by atoms with E-state index in [4.69, 9.17) is 16.3 Å². The van der Waals surface area contributed by atoms with Crippen LogP contribution in [0.2, 0.25) is 5.02 Å². The quantitative estimate of drug-likeness (QED) is 0.532. The maximum absolute atomic E-state index is 13.2. The Balaban J connectivity index is 1.38. The van der Waals surface area contributed by atoms with E-state index in [2.05, 4.69) is 20.7 Å². The van der Waals surface area contributed by atoms with E-state index in [1.165, 1.54) is 30.0 Å². The number of halogens is 2. The number of esters is 1. The summed E-state index contributed by atoms with van der Waals surface area (Å²) < 4.78 is 19.3. The molecule has 2 aromatic heterocycles. The van der Waals surface area contributed by atoms with Crippen LogP contribution in [-0.2, 0) is 9.53 Å². The number of fused-ring (bicyclic) bond motifs is 1. The number of anilines is 1. The van der Waals surface area contributed by atoms with Crippen molar-refractivity contribution in [3.05, 3.63) is 58.3 Å². The SMILES string of the molecule is COC(=O)c1cc(C)nc2c(C(=O)NC3CCC(C(=O)Nc4ccc(F)cc4Cl)CC3)cnn12. The molecule has 0 radical (unpaired) electrons. The monoisotopic (exact) mass is 487 g/mol. The number of hydrogen-bond acceptors (Lipinski definition) is 6. The molecular formula is C23H23ClFN5O4. The van der Waals surface area contributed by atoms with Crippen molar-refractivity contribution in [3.63, 3.8) is 0 Å². The number of ether oxygens (including phenoxy) is 1. The van der Waals surface area contributed by atoms with E-state index in [9.17, 15) is 18.8 Å². The number of carbonyl (C=O) groups is 3. The first-order valence-corrected chi connectivity index (χ1v) is 11.1. The number of methoxy groups -OCH3 is 1. The average molecular weight is 488 g/mol. The number of nitrogens with one attached hydrogen (secondary N) is 2. The van der Waals surface area contributed by atoms with Crippen LogP contribution in [0.15, 0.2) is 30.5 Å². The second kappa shape index (κ2) is 9.76. The molecule has 0 atom stereocenters. The minimum atomic E-state index is -0.580. The smallest absolute Gasteiger partial charge is 0.356 e. The normalized spacial score (nSPS) is 17.9. The molecule has 2 amide bonds. The minimum absolute atomic E-state index is 0.120. The number of amides is 2. The molecule has 0 unspecified atom stereocenters. The molecule has 1 aliphatic carbocycles. The largest absolute Gasteiger partial charge is 0.464 e. The molecule has 2 heterocycles. The summed E-state index contributed by atoms with van der Waals surface area (Å²) in [5.74, 6) is -1.83. The molecule has 34 heavy (non-hydrogen) atoms. The fraction of sp³-hybridized carbons (Fsp3) is 0.348. The number of benzene rings is 1. The third kappa shape index (κ3) is 4.86. The van der Waals surface area contributed by atoms with Crippen LogP contribution in [0.4, 0.5) is 10.1 Å². The first-order valence-electron chi connectivity index (χ1n) is 10.8. The number of carbonyl (C=O) groups excluding carboxylic acids is 3. The van der Waals surface area contributed by atoms with Crippen LogP contribution in [0.5, 0.6) is 0 Å². The zero-order valence-electron chi connectivity index (χ0n) is 18.6. The molecule has 2 N–H and O–H groups in total. The van der Waals surface area contributed by atoms with E-state index < -0.39 is 11.8 Å². The molecule has 1 aliphatic rings. The highest BCUT2D eigenvalue weighted by atomic mass is 35.5. The number of nitrogens with zero attached hydrogens (tertiary/aromatic N) is 3. The fourth-order valence-corrected chi connectivity index (χ4v) is 4.30. The number of aromatic nitrogens is 3. The van der Waals surface area contributed by atoms with Crippen molar-refractivity contribution in [1.29, 1.82) is 0 Å². The van der Waals surface area contributed by atoms with Gasteiger partial charge in [-0.2, -0.15) is 5.10 Å². The zero-order valence-corrected chi connectivity index (χ0v) is 19.4. The minimum Gasteiger partial charge on any atom is -0.464 e. The summed E-state index contributed by atoms with van der Waals surface area (Å²) in [5, 5.41) is 10.0. The molecular weight excluding hydrogens is 465 g/mol. The van der Waals surface area contributed by atoms with Crippen LogP contribution in [0.3, 0.4) is 0 Å². The Morgan fingerprint density at radius 3 is 2.59 bits per heavy atom. The van der Waals surface area contributed by atoms with Gasteiger partial charge in [-0.3, -0.25) is 9.59 Å². The lowest BCUT2D eigenvalue weighted by molar-refractivity contribution is -0.120. The number of aryl methyl sites for hydroxylation is 1. The van der Waals surface area contributed by atoms with Gasteiger partial charge in [-0.15, -0.1) is 0 Å². The molecule has 3 aromatic rings. The van der Waals surface area contributed by atoms with E-state index in [1.54, 1.807) is 13.0 Å². The second-order valence-electron chi connectivity index (χ2n) is 8.20. The van der Waals surface area contributed by atoms with Crippen molar-refractivity contribution < 1.29 is 23.5 Å². The van der Waals surface area contributed by atoms with Crippen LogP contribution >= 0.6 is 11.6 Å². The van der Waals surface area contributed by atoms with E-state index in [1.807, 2.05) is 0 Å². The Hall–Kier alpha value is -3.53. The van der Waals surface area contributed by atoms with E-state index in [0.717, 1.165) is 6.07 Å². The molecule has 1 saturated carbocycles. The molecule has 9 nitrogen and oxygen atoms in total. The van der Waals surface area contributed by atoms with Crippen LogP contribution in [-0.4, -0.2) is 45.5 Å². The number of hydrogen-bond donors (Lipinski definition) is 2. The van der Waals surface area contributed by atoms with Gasteiger partial charge in [-0.25, -0.2) is 18.7 Å². The summed E-state index contributed by atoms with van der Waals surface area (Å²) in [6.07, 6.45) is 3.75. The molecule has 0 aliphatic heterocycles. The van der Waals surface area contributed by atoms with Gasteiger partial charge < -0.3 is 15.4 Å². The highest BCUT2D eigenvalue weighted by Gasteiger charge is 2.29.